The lowest BCUT2D eigenvalue weighted by Crippen LogP contribution is -2.10. The van der Waals surface area contributed by atoms with Crippen LogP contribution in [0.5, 0.6) is 5.75 Å². The number of rotatable bonds is 8. The maximum absolute atomic E-state index is 10.3. The van der Waals surface area contributed by atoms with E-state index in [9.17, 15) is 5.11 Å². The molecule has 0 saturated carbocycles. The van der Waals surface area contributed by atoms with Crippen LogP contribution >= 0.6 is 0 Å². The molecule has 0 fully saturated rings. The van der Waals surface area contributed by atoms with Gasteiger partial charge in [0.25, 0.3) is 0 Å². The first-order valence-corrected chi connectivity index (χ1v) is 9.41. The van der Waals surface area contributed by atoms with Gasteiger partial charge in [0, 0.05) is 0 Å². The van der Waals surface area contributed by atoms with Crippen molar-refractivity contribution in [2.45, 2.75) is 51.6 Å². The van der Waals surface area contributed by atoms with E-state index in [0.29, 0.717) is 6.61 Å². The van der Waals surface area contributed by atoms with E-state index < -0.39 is 6.10 Å². The third kappa shape index (κ3) is 4.96. The summed E-state index contributed by atoms with van der Waals surface area (Å²) in [4.78, 5) is 0. The van der Waals surface area contributed by atoms with Crippen molar-refractivity contribution in [3.05, 3.63) is 76.9 Å². The summed E-state index contributed by atoms with van der Waals surface area (Å²) in [6.07, 6.45) is 8.08. The number of hydrogen-bond acceptors (Lipinski definition) is 2. The van der Waals surface area contributed by atoms with E-state index in [0.717, 1.165) is 37.0 Å². The summed E-state index contributed by atoms with van der Waals surface area (Å²) in [5, 5.41) is 10.3. The van der Waals surface area contributed by atoms with Gasteiger partial charge in [-0.2, -0.15) is 0 Å². The summed E-state index contributed by atoms with van der Waals surface area (Å²) >= 11 is 0. The van der Waals surface area contributed by atoms with Gasteiger partial charge in [-0.3, -0.25) is 0 Å². The van der Waals surface area contributed by atoms with Crippen LogP contribution in [0.25, 0.3) is 0 Å². The first-order chi connectivity index (χ1) is 12.3. The third-order valence-corrected chi connectivity index (χ3v) is 4.89. The Morgan fingerprint density at radius 3 is 2.72 bits per heavy atom. The zero-order valence-electron chi connectivity index (χ0n) is 15.1. The van der Waals surface area contributed by atoms with Crippen molar-refractivity contribution in [2.24, 2.45) is 0 Å². The number of hydrogen-bond donors (Lipinski definition) is 1. The predicted octanol–water partition coefficient (Wildman–Crippen LogP) is 5.40. The molecule has 0 aliphatic heterocycles. The van der Waals surface area contributed by atoms with Crippen molar-refractivity contribution in [2.75, 3.05) is 6.61 Å². The van der Waals surface area contributed by atoms with Gasteiger partial charge in [-0.1, -0.05) is 68.7 Å². The molecule has 3 rings (SSSR count). The second-order valence-corrected chi connectivity index (χ2v) is 6.88. The van der Waals surface area contributed by atoms with Gasteiger partial charge in [-0.15, -0.1) is 0 Å². The van der Waals surface area contributed by atoms with Crippen molar-refractivity contribution in [1.82, 2.24) is 0 Å². The van der Waals surface area contributed by atoms with Crippen molar-refractivity contribution in [3.8, 4) is 5.75 Å². The molecule has 2 heteroatoms. The second kappa shape index (κ2) is 8.87. The van der Waals surface area contributed by atoms with Crippen molar-refractivity contribution in [3.63, 3.8) is 0 Å². The largest absolute Gasteiger partial charge is 0.489 e. The summed E-state index contributed by atoms with van der Waals surface area (Å²) in [7, 11) is 0. The highest BCUT2D eigenvalue weighted by atomic mass is 16.5. The van der Waals surface area contributed by atoms with E-state index in [1.165, 1.54) is 29.5 Å². The highest BCUT2D eigenvalue weighted by molar-refractivity contribution is 5.37. The molecule has 0 radical (unpaired) electrons. The van der Waals surface area contributed by atoms with E-state index in [-0.39, 0.29) is 0 Å². The number of allylic oxidation sites excluding steroid dienone is 1. The standard InChI is InChI=1S/C23H28O2/c1-2-3-4-12-23(24)21-10-7-11-22(16-21)25-17-18-13-14-19-8-5-6-9-20(19)15-18/h5-11,13,16,23-24H,2-4,12,14-15,17H2,1H3. The van der Waals surface area contributed by atoms with Crippen LogP contribution in [0.4, 0.5) is 0 Å². The lowest BCUT2D eigenvalue weighted by molar-refractivity contribution is 0.163. The Morgan fingerprint density at radius 2 is 1.88 bits per heavy atom. The van der Waals surface area contributed by atoms with Gasteiger partial charge in [0.1, 0.15) is 12.4 Å². The molecule has 0 heterocycles. The molecule has 0 saturated heterocycles. The number of aliphatic hydroxyl groups is 1. The van der Waals surface area contributed by atoms with Crippen LogP contribution in [-0.4, -0.2) is 11.7 Å². The molecule has 2 aromatic rings. The Morgan fingerprint density at radius 1 is 1.04 bits per heavy atom. The van der Waals surface area contributed by atoms with Crippen molar-refractivity contribution >= 4 is 0 Å². The highest BCUT2D eigenvalue weighted by Gasteiger charge is 2.12. The normalized spacial score (nSPS) is 14.6. The smallest absolute Gasteiger partial charge is 0.120 e. The Balaban J connectivity index is 1.55. The maximum atomic E-state index is 10.3. The van der Waals surface area contributed by atoms with Gasteiger partial charge in [0.15, 0.2) is 0 Å². The SMILES string of the molecule is CCCCCC(O)c1cccc(OCC2=CCc3ccccc3C2)c1. The van der Waals surface area contributed by atoms with E-state index in [1.54, 1.807) is 0 Å². The first kappa shape index (κ1) is 17.8. The fourth-order valence-electron chi connectivity index (χ4n) is 3.35. The van der Waals surface area contributed by atoms with Gasteiger partial charge in [0.2, 0.25) is 0 Å². The summed E-state index contributed by atoms with van der Waals surface area (Å²) < 4.78 is 6.00. The second-order valence-electron chi connectivity index (χ2n) is 6.88. The van der Waals surface area contributed by atoms with Gasteiger partial charge in [-0.05, 0) is 53.7 Å². The lowest BCUT2D eigenvalue weighted by atomic mass is 9.92. The molecule has 1 aliphatic carbocycles. The number of aliphatic hydroxyl groups excluding tert-OH is 1. The molecule has 1 unspecified atom stereocenters. The molecular weight excluding hydrogens is 308 g/mol. The van der Waals surface area contributed by atoms with Crippen LogP contribution in [0.15, 0.2) is 60.2 Å². The molecule has 0 aromatic heterocycles. The van der Waals surface area contributed by atoms with Crippen LogP contribution in [0, 0.1) is 0 Å². The molecule has 0 spiro atoms. The average molecular weight is 336 g/mol. The topological polar surface area (TPSA) is 29.5 Å². The molecule has 2 aromatic carbocycles. The average Bonchev–Trinajstić information content (AvgIpc) is 2.66. The Hall–Kier alpha value is -2.06. The molecular formula is C23H28O2. The highest BCUT2D eigenvalue weighted by Crippen LogP contribution is 2.25. The number of ether oxygens (including phenoxy) is 1. The van der Waals surface area contributed by atoms with E-state index >= 15 is 0 Å². The summed E-state index contributed by atoms with van der Waals surface area (Å²) in [6, 6.07) is 16.5. The van der Waals surface area contributed by atoms with E-state index in [2.05, 4.69) is 37.3 Å². The quantitative estimate of drug-likeness (QED) is 0.516. The monoisotopic (exact) mass is 336 g/mol. The molecule has 25 heavy (non-hydrogen) atoms. The number of fused-ring (bicyclic) bond motifs is 1. The zero-order valence-corrected chi connectivity index (χ0v) is 15.1. The molecule has 1 N–H and O–H groups in total. The van der Waals surface area contributed by atoms with Crippen molar-refractivity contribution < 1.29 is 9.84 Å². The molecule has 0 amide bonds. The summed E-state index contributed by atoms with van der Waals surface area (Å²) in [5.74, 6) is 0.840. The van der Waals surface area contributed by atoms with Gasteiger partial charge in [-0.25, -0.2) is 0 Å². The number of benzene rings is 2. The minimum absolute atomic E-state index is 0.393. The molecule has 2 nitrogen and oxygen atoms in total. The minimum Gasteiger partial charge on any atom is -0.489 e. The first-order valence-electron chi connectivity index (χ1n) is 9.41. The van der Waals surface area contributed by atoms with Crippen LogP contribution in [0.3, 0.4) is 0 Å². The van der Waals surface area contributed by atoms with Crippen LogP contribution in [0.1, 0.15) is 55.4 Å². The Bertz CT molecular complexity index is 718. The summed E-state index contributed by atoms with van der Waals surface area (Å²) in [6.45, 7) is 2.79. The van der Waals surface area contributed by atoms with E-state index in [1.807, 2.05) is 24.3 Å². The number of unbranched alkanes of at least 4 members (excludes halogenated alkanes) is 2. The van der Waals surface area contributed by atoms with E-state index in [4.69, 9.17) is 4.74 Å². The molecule has 132 valence electrons. The van der Waals surface area contributed by atoms with Crippen LogP contribution in [0.2, 0.25) is 0 Å². The van der Waals surface area contributed by atoms with Gasteiger partial charge >= 0.3 is 0 Å². The Kier molecular flexibility index (Phi) is 6.30. The maximum Gasteiger partial charge on any atom is 0.120 e. The third-order valence-electron chi connectivity index (χ3n) is 4.89. The molecule has 1 aliphatic rings. The van der Waals surface area contributed by atoms with Gasteiger partial charge in [0.05, 0.1) is 6.10 Å². The fraction of sp³-hybridized carbons (Fsp3) is 0.391. The minimum atomic E-state index is -0.393. The van der Waals surface area contributed by atoms with Crippen LogP contribution < -0.4 is 4.74 Å². The fourth-order valence-corrected chi connectivity index (χ4v) is 3.35. The van der Waals surface area contributed by atoms with Gasteiger partial charge < -0.3 is 9.84 Å². The van der Waals surface area contributed by atoms with Crippen LogP contribution in [-0.2, 0) is 12.8 Å². The zero-order chi connectivity index (χ0) is 17.5. The molecule has 1 atom stereocenters. The molecule has 0 bridgehead atoms. The van der Waals surface area contributed by atoms with Crippen molar-refractivity contribution in [1.29, 1.82) is 0 Å². The predicted molar refractivity (Wildman–Crippen MR) is 103 cm³/mol. The summed E-state index contributed by atoms with van der Waals surface area (Å²) in [5.41, 5.74) is 5.11. The lowest BCUT2D eigenvalue weighted by Gasteiger charge is -2.18. The Labute approximate surface area is 151 Å².